The summed E-state index contributed by atoms with van der Waals surface area (Å²) in [7, 11) is 0. The molecule has 2 aromatic rings. The number of benzene rings is 1. The number of nitrogens with one attached hydrogen (secondary N) is 1. The molecule has 1 aliphatic rings. The summed E-state index contributed by atoms with van der Waals surface area (Å²) in [6.07, 6.45) is 1.81. The van der Waals surface area contributed by atoms with E-state index in [4.69, 9.17) is 5.73 Å². The Kier molecular flexibility index (Phi) is 4.88. The smallest absolute Gasteiger partial charge is 0.261 e. The first-order valence-electron chi connectivity index (χ1n) is 7.24. The number of nitrogens with zero attached hydrogens (tertiary/aromatic N) is 1. The number of piperidine rings is 1. The molecule has 0 saturated carbocycles. The van der Waals surface area contributed by atoms with E-state index in [9.17, 15) is 9.59 Å². The lowest BCUT2D eigenvalue weighted by atomic mass is 10.0. The van der Waals surface area contributed by atoms with Crippen molar-refractivity contribution in [1.82, 2.24) is 9.88 Å². The highest BCUT2D eigenvalue weighted by molar-refractivity contribution is 5.99. The number of hydrogen-bond donors (Lipinski definition) is 2. The van der Waals surface area contributed by atoms with Crippen molar-refractivity contribution < 1.29 is 4.79 Å². The number of carbonyl (C=O) groups excluding carboxylic acids is 1. The van der Waals surface area contributed by atoms with Gasteiger partial charge < -0.3 is 15.6 Å². The number of rotatable bonds is 1. The molecule has 3 rings (SSSR count). The molecule has 2 heterocycles. The lowest BCUT2D eigenvalue weighted by molar-refractivity contribution is 0.0706. The first kappa shape index (κ1) is 16.5. The van der Waals surface area contributed by atoms with Gasteiger partial charge in [-0.15, -0.1) is 12.4 Å². The van der Waals surface area contributed by atoms with Crippen LogP contribution in [0, 0.1) is 6.92 Å². The Labute approximate surface area is 134 Å². The van der Waals surface area contributed by atoms with Crippen LogP contribution in [-0.4, -0.2) is 34.9 Å². The van der Waals surface area contributed by atoms with Gasteiger partial charge in [0.2, 0.25) is 0 Å². The number of carbonyl (C=O) groups is 1. The van der Waals surface area contributed by atoms with Gasteiger partial charge >= 0.3 is 0 Å². The second kappa shape index (κ2) is 6.50. The molecule has 0 spiro atoms. The van der Waals surface area contributed by atoms with Gasteiger partial charge in [0.05, 0.1) is 0 Å². The van der Waals surface area contributed by atoms with Crippen molar-refractivity contribution in [2.45, 2.75) is 25.8 Å². The highest BCUT2D eigenvalue weighted by Gasteiger charge is 2.26. The third-order valence-electron chi connectivity index (χ3n) is 4.14. The van der Waals surface area contributed by atoms with Crippen molar-refractivity contribution in [2.75, 3.05) is 13.1 Å². The van der Waals surface area contributed by atoms with E-state index in [-0.39, 0.29) is 35.5 Å². The number of halogens is 1. The highest BCUT2D eigenvalue weighted by atomic mass is 35.5. The second-order valence-corrected chi connectivity index (χ2v) is 5.65. The molecule has 22 heavy (non-hydrogen) atoms. The Morgan fingerprint density at radius 2 is 2.09 bits per heavy atom. The third kappa shape index (κ3) is 2.87. The zero-order valence-corrected chi connectivity index (χ0v) is 13.3. The van der Waals surface area contributed by atoms with Crippen molar-refractivity contribution in [3.8, 4) is 0 Å². The monoisotopic (exact) mass is 321 g/mol. The minimum Gasteiger partial charge on any atom is -0.337 e. The maximum atomic E-state index is 12.7. The lowest BCUT2D eigenvalue weighted by Gasteiger charge is -2.31. The number of amides is 1. The van der Waals surface area contributed by atoms with E-state index in [2.05, 4.69) is 4.98 Å². The fourth-order valence-electron chi connectivity index (χ4n) is 3.02. The highest BCUT2D eigenvalue weighted by Crippen LogP contribution is 2.19. The van der Waals surface area contributed by atoms with Gasteiger partial charge in [0, 0.05) is 30.0 Å². The molecule has 1 saturated heterocycles. The first-order valence-corrected chi connectivity index (χ1v) is 7.24. The normalized spacial score (nSPS) is 18.1. The van der Waals surface area contributed by atoms with E-state index in [1.165, 1.54) is 0 Å². The summed E-state index contributed by atoms with van der Waals surface area (Å²) < 4.78 is 0. The van der Waals surface area contributed by atoms with E-state index < -0.39 is 0 Å². The third-order valence-corrected chi connectivity index (χ3v) is 4.14. The molecule has 3 N–H and O–H groups in total. The minimum atomic E-state index is -0.324. The molecule has 1 unspecified atom stereocenters. The van der Waals surface area contributed by atoms with Crippen LogP contribution >= 0.6 is 12.4 Å². The van der Waals surface area contributed by atoms with E-state index in [0.717, 1.165) is 29.3 Å². The fraction of sp³-hybridized carbons (Fsp3) is 0.375. The number of aryl methyl sites for hydroxylation is 1. The fourth-order valence-corrected chi connectivity index (χ4v) is 3.02. The number of H-pyrrole nitrogens is 1. The van der Waals surface area contributed by atoms with Crippen molar-refractivity contribution in [3.63, 3.8) is 0 Å². The maximum absolute atomic E-state index is 12.7. The van der Waals surface area contributed by atoms with Crippen molar-refractivity contribution >= 4 is 29.2 Å². The number of para-hydroxylation sites is 1. The number of fused-ring (bicyclic) bond motifs is 1. The Morgan fingerprint density at radius 1 is 1.36 bits per heavy atom. The summed E-state index contributed by atoms with van der Waals surface area (Å²) in [5.41, 5.74) is 7.33. The molecule has 1 aromatic carbocycles. The quantitative estimate of drug-likeness (QED) is 0.841. The van der Waals surface area contributed by atoms with E-state index in [1.54, 1.807) is 4.90 Å². The number of aromatic nitrogens is 1. The van der Waals surface area contributed by atoms with Gasteiger partial charge in [0.15, 0.2) is 0 Å². The van der Waals surface area contributed by atoms with Crippen LogP contribution in [0.3, 0.4) is 0 Å². The van der Waals surface area contributed by atoms with Crippen LogP contribution in [-0.2, 0) is 0 Å². The first-order chi connectivity index (χ1) is 10.1. The Morgan fingerprint density at radius 3 is 2.82 bits per heavy atom. The number of nitrogens with two attached hydrogens (primary N) is 1. The van der Waals surface area contributed by atoms with Gasteiger partial charge in [-0.1, -0.05) is 18.2 Å². The molecule has 1 aromatic heterocycles. The summed E-state index contributed by atoms with van der Waals surface area (Å²) in [4.78, 5) is 29.5. The van der Waals surface area contributed by atoms with Crippen LogP contribution in [0.15, 0.2) is 29.1 Å². The number of likely N-dealkylation sites (tertiary alicyclic amines) is 1. The Balaban J connectivity index is 0.00000176. The predicted octanol–water partition coefficient (Wildman–Crippen LogP) is 1.82. The average Bonchev–Trinajstić information content (AvgIpc) is 2.47. The van der Waals surface area contributed by atoms with Gasteiger partial charge in [-0.3, -0.25) is 9.59 Å². The van der Waals surface area contributed by atoms with Gasteiger partial charge in [0.25, 0.3) is 11.5 Å². The zero-order chi connectivity index (χ0) is 15.0. The maximum Gasteiger partial charge on any atom is 0.261 e. The molecule has 0 bridgehead atoms. The zero-order valence-electron chi connectivity index (χ0n) is 12.5. The molecule has 1 atom stereocenters. The molecular formula is C16H20ClN3O2. The van der Waals surface area contributed by atoms with Crippen molar-refractivity contribution in [1.29, 1.82) is 0 Å². The van der Waals surface area contributed by atoms with Crippen molar-refractivity contribution in [3.05, 3.63) is 45.7 Å². The number of hydrogen-bond acceptors (Lipinski definition) is 3. The Hall–Kier alpha value is -1.85. The predicted molar refractivity (Wildman–Crippen MR) is 89.7 cm³/mol. The van der Waals surface area contributed by atoms with Gasteiger partial charge in [-0.2, -0.15) is 0 Å². The Bertz CT molecular complexity index is 757. The number of pyridine rings is 1. The SMILES string of the molecule is Cc1c(C(=O)N2CCCC(N)C2)c(=O)[nH]c2ccccc12.Cl. The minimum absolute atomic E-state index is 0. The standard InChI is InChI=1S/C16H19N3O2.ClH/c1-10-12-6-2-3-7-13(12)18-15(20)14(10)16(21)19-8-4-5-11(17)9-19;/h2-3,6-7,11H,4-5,8-9,17H2,1H3,(H,18,20);1H. The molecule has 1 amide bonds. The summed E-state index contributed by atoms with van der Waals surface area (Å²) in [6, 6.07) is 7.53. The largest absolute Gasteiger partial charge is 0.337 e. The van der Waals surface area contributed by atoms with E-state index in [0.29, 0.717) is 13.1 Å². The van der Waals surface area contributed by atoms with Crippen LogP contribution < -0.4 is 11.3 Å². The second-order valence-electron chi connectivity index (χ2n) is 5.65. The molecule has 6 heteroatoms. The molecule has 0 radical (unpaired) electrons. The summed E-state index contributed by atoms with van der Waals surface area (Å²) >= 11 is 0. The summed E-state index contributed by atoms with van der Waals surface area (Å²) in [6.45, 7) is 3.01. The average molecular weight is 322 g/mol. The van der Waals surface area contributed by atoms with Gasteiger partial charge in [0.1, 0.15) is 5.56 Å². The van der Waals surface area contributed by atoms with E-state index in [1.807, 2.05) is 31.2 Å². The van der Waals surface area contributed by atoms with Crippen LogP contribution in [0.2, 0.25) is 0 Å². The molecule has 5 nitrogen and oxygen atoms in total. The topological polar surface area (TPSA) is 79.2 Å². The molecule has 1 aliphatic heterocycles. The van der Waals surface area contributed by atoms with Crippen molar-refractivity contribution in [2.24, 2.45) is 5.73 Å². The van der Waals surface area contributed by atoms with E-state index >= 15 is 0 Å². The van der Waals surface area contributed by atoms with Crippen LogP contribution in [0.25, 0.3) is 10.9 Å². The molecule has 118 valence electrons. The molecule has 1 fully saturated rings. The number of aromatic amines is 1. The molecular weight excluding hydrogens is 302 g/mol. The lowest BCUT2D eigenvalue weighted by Crippen LogP contribution is -2.47. The van der Waals surface area contributed by atoms with Crippen LogP contribution in [0.4, 0.5) is 0 Å². The summed E-state index contributed by atoms with van der Waals surface area (Å²) in [5, 5.41) is 0.904. The van der Waals surface area contributed by atoms with Crippen LogP contribution in [0.5, 0.6) is 0 Å². The van der Waals surface area contributed by atoms with Gasteiger partial charge in [-0.25, -0.2) is 0 Å². The van der Waals surface area contributed by atoms with Crippen LogP contribution in [0.1, 0.15) is 28.8 Å². The molecule has 0 aliphatic carbocycles. The van der Waals surface area contributed by atoms with Gasteiger partial charge in [-0.05, 0) is 31.4 Å². The summed E-state index contributed by atoms with van der Waals surface area (Å²) in [5.74, 6) is -0.213.